The molecule has 0 spiro atoms. The maximum absolute atomic E-state index is 11.6. The van der Waals surface area contributed by atoms with Crippen molar-refractivity contribution in [1.29, 1.82) is 0 Å². The minimum absolute atomic E-state index is 0.00977. The Morgan fingerprint density at radius 3 is 2.47 bits per heavy atom. The number of rotatable bonds is 5. The summed E-state index contributed by atoms with van der Waals surface area (Å²) >= 11 is 0. The molecule has 0 aromatic heterocycles. The van der Waals surface area contributed by atoms with Crippen LogP contribution in [0.2, 0.25) is 0 Å². The lowest BCUT2D eigenvalue weighted by atomic mass is 9.95. The van der Waals surface area contributed by atoms with E-state index in [-0.39, 0.29) is 18.4 Å². The summed E-state index contributed by atoms with van der Waals surface area (Å²) in [6.07, 6.45) is 2.03. The molecule has 1 fully saturated rings. The Kier molecular flexibility index (Phi) is 3.42. The van der Waals surface area contributed by atoms with Crippen molar-refractivity contribution in [2.24, 2.45) is 0 Å². The van der Waals surface area contributed by atoms with Crippen molar-refractivity contribution in [2.75, 3.05) is 0 Å². The number of benzene rings is 1. The number of nitrogens with one attached hydrogen (secondary N) is 1. The number of aliphatic carboxylic acids is 1. The van der Waals surface area contributed by atoms with Gasteiger partial charge >= 0.3 is 5.97 Å². The Morgan fingerprint density at radius 2 is 1.94 bits per heavy atom. The quantitative estimate of drug-likeness (QED) is 0.810. The molecule has 4 heteroatoms. The first-order valence-corrected chi connectivity index (χ1v) is 5.74. The van der Waals surface area contributed by atoms with Crippen LogP contribution in [0.3, 0.4) is 0 Å². The maximum Gasteiger partial charge on any atom is 0.311 e. The van der Waals surface area contributed by atoms with Gasteiger partial charge in [0.15, 0.2) is 0 Å². The topological polar surface area (TPSA) is 66.4 Å². The number of carbonyl (C=O) groups excluding carboxylic acids is 1. The van der Waals surface area contributed by atoms with Gasteiger partial charge in [0, 0.05) is 12.5 Å². The van der Waals surface area contributed by atoms with Gasteiger partial charge in [-0.3, -0.25) is 9.59 Å². The highest BCUT2D eigenvalue weighted by Crippen LogP contribution is 2.22. The highest BCUT2D eigenvalue weighted by Gasteiger charge is 2.27. The molecule has 2 rings (SSSR count). The highest BCUT2D eigenvalue weighted by molar-refractivity contribution is 5.85. The molecule has 1 amide bonds. The van der Waals surface area contributed by atoms with Gasteiger partial charge in [-0.05, 0) is 18.4 Å². The van der Waals surface area contributed by atoms with Gasteiger partial charge in [0.1, 0.15) is 0 Å². The van der Waals surface area contributed by atoms with Crippen LogP contribution in [0.5, 0.6) is 0 Å². The molecule has 1 atom stereocenters. The molecule has 1 saturated carbocycles. The summed E-state index contributed by atoms with van der Waals surface area (Å²) in [5, 5.41) is 12.0. The van der Waals surface area contributed by atoms with E-state index in [0.29, 0.717) is 5.56 Å². The summed E-state index contributed by atoms with van der Waals surface area (Å²) in [6, 6.07) is 9.14. The Labute approximate surface area is 99.6 Å². The summed E-state index contributed by atoms with van der Waals surface area (Å²) in [7, 11) is 0. The van der Waals surface area contributed by atoms with Crippen LogP contribution in [0.4, 0.5) is 0 Å². The zero-order valence-electron chi connectivity index (χ0n) is 9.43. The lowest BCUT2D eigenvalue weighted by Gasteiger charge is -2.12. The predicted molar refractivity (Wildman–Crippen MR) is 62.6 cm³/mol. The Bertz CT molecular complexity index is 412. The summed E-state index contributed by atoms with van der Waals surface area (Å²) in [5.41, 5.74) is 0.672. The first kappa shape index (κ1) is 11.6. The molecule has 0 radical (unpaired) electrons. The van der Waals surface area contributed by atoms with Crippen LogP contribution in [-0.4, -0.2) is 23.0 Å². The molecule has 1 aromatic carbocycles. The number of amides is 1. The second-order valence-electron chi connectivity index (χ2n) is 4.35. The van der Waals surface area contributed by atoms with E-state index in [0.717, 1.165) is 12.8 Å². The average Bonchev–Trinajstić information content (AvgIpc) is 3.10. The van der Waals surface area contributed by atoms with Crippen LogP contribution in [0.1, 0.15) is 30.7 Å². The number of carbonyl (C=O) groups is 2. The van der Waals surface area contributed by atoms with Crippen molar-refractivity contribution in [3.05, 3.63) is 35.9 Å². The minimum atomic E-state index is -0.956. The highest BCUT2D eigenvalue weighted by atomic mass is 16.4. The van der Waals surface area contributed by atoms with Crippen molar-refractivity contribution in [3.63, 3.8) is 0 Å². The van der Waals surface area contributed by atoms with E-state index in [2.05, 4.69) is 5.32 Å². The van der Waals surface area contributed by atoms with Crippen LogP contribution in [0, 0.1) is 0 Å². The number of hydrogen-bond acceptors (Lipinski definition) is 2. The lowest BCUT2D eigenvalue weighted by Crippen LogP contribution is -2.28. The maximum atomic E-state index is 11.6. The van der Waals surface area contributed by atoms with Gasteiger partial charge in [0.05, 0.1) is 5.92 Å². The molecule has 2 N–H and O–H groups in total. The van der Waals surface area contributed by atoms with Gasteiger partial charge in [-0.25, -0.2) is 0 Å². The molecule has 0 saturated heterocycles. The molecular weight excluding hydrogens is 218 g/mol. The molecule has 1 aromatic rings. The molecule has 90 valence electrons. The van der Waals surface area contributed by atoms with Gasteiger partial charge < -0.3 is 10.4 Å². The molecule has 1 aliphatic carbocycles. The zero-order valence-corrected chi connectivity index (χ0v) is 9.43. The van der Waals surface area contributed by atoms with Crippen molar-refractivity contribution in [1.82, 2.24) is 5.32 Å². The molecular formula is C13H15NO3. The van der Waals surface area contributed by atoms with E-state index >= 15 is 0 Å². The SMILES string of the molecule is O=C(CC(C(=O)O)c1ccccc1)NC1CC1. The summed E-state index contributed by atoms with van der Waals surface area (Å²) in [4.78, 5) is 22.8. The monoisotopic (exact) mass is 233 g/mol. The number of carboxylic acids is 1. The predicted octanol–water partition coefficient (Wildman–Crippen LogP) is 1.52. The molecule has 17 heavy (non-hydrogen) atoms. The smallest absolute Gasteiger partial charge is 0.311 e. The Hall–Kier alpha value is -1.84. The summed E-state index contributed by atoms with van der Waals surface area (Å²) in [5.74, 6) is -1.89. The zero-order chi connectivity index (χ0) is 12.3. The first-order valence-electron chi connectivity index (χ1n) is 5.74. The summed E-state index contributed by atoms with van der Waals surface area (Å²) < 4.78 is 0. The second-order valence-corrected chi connectivity index (χ2v) is 4.35. The van der Waals surface area contributed by atoms with E-state index in [1.54, 1.807) is 24.3 Å². The lowest BCUT2D eigenvalue weighted by molar-refractivity contribution is -0.140. The van der Waals surface area contributed by atoms with E-state index in [1.807, 2.05) is 6.07 Å². The first-order chi connectivity index (χ1) is 8.16. The van der Waals surface area contributed by atoms with Crippen molar-refractivity contribution in [3.8, 4) is 0 Å². The van der Waals surface area contributed by atoms with Crippen LogP contribution >= 0.6 is 0 Å². The Morgan fingerprint density at radius 1 is 1.29 bits per heavy atom. The third kappa shape index (κ3) is 3.31. The normalized spacial score (nSPS) is 16.2. The fraction of sp³-hybridized carbons (Fsp3) is 0.385. The van der Waals surface area contributed by atoms with E-state index in [4.69, 9.17) is 5.11 Å². The van der Waals surface area contributed by atoms with Gasteiger partial charge in [0.25, 0.3) is 0 Å². The van der Waals surface area contributed by atoms with E-state index in [9.17, 15) is 9.59 Å². The second kappa shape index (κ2) is 4.99. The van der Waals surface area contributed by atoms with Crippen LogP contribution in [0.25, 0.3) is 0 Å². The third-order valence-corrected chi connectivity index (χ3v) is 2.83. The van der Waals surface area contributed by atoms with Crippen molar-refractivity contribution >= 4 is 11.9 Å². The molecule has 0 bridgehead atoms. The van der Waals surface area contributed by atoms with Crippen LogP contribution < -0.4 is 5.32 Å². The van der Waals surface area contributed by atoms with Gasteiger partial charge in [-0.2, -0.15) is 0 Å². The number of carboxylic acid groups (broad SMARTS) is 1. The summed E-state index contributed by atoms with van der Waals surface area (Å²) in [6.45, 7) is 0. The fourth-order valence-corrected chi connectivity index (χ4v) is 1.73. The molecule has 0 heterocycles. The van der Waals surface area contributed by atoms with Gasteiger partial charge in [-0.15, -0.1) is 0 Å². The molecule has 4 nitrogen and oxygen atoms in total. The van der Waals surface area contributed by atoms with Gasteiger partial charge in [-0.1, -0.05) is 30.3 Å². The largest absolute Gasteiger partial charge is 0.481 e. The fourth-order valence-electron chi connectivity index (χ4n) is 1.73. The van der Waals surface area contributed by atoms with Crippen molar-refractivity contribution in [2.45, 2.75) is 31.2 Å². The van der Waals surface area contributed by atoms with Gasteiger partial charge in [0.2, 0.25) is 5.91 Å². The minimum Gasteiger partial charge on any atom is -0.481 e. The average molecular weight is 233 g/mol. The van der Waals surface area contributed by atoms with Crippen molar-refractivity contribution < 1.29 is 14.7 Å². The van der Waals surface area contributed by atoms with Crippen LogP contribution in [-0.2, 0) is 9.59 Å². The third-order valence-electron chi connectivity index (χ3n) is 2.83. The standard InChI is InChI=1S/C13H15NO3/c15-12(14-10-6-7-10)8-11(13(16)17)9-4-2-1-3-5-9/h1-5,10-11H,6-8H2,(H,14,15)(H,16,17). The van der Waals surface area contributed by atoms with E-state index < -0.39 is 11.9 Å². The van der Waals surface area contributed by atoms with Crippen LogP contribution in [0.15, 0.2) is 30.3 Å². The van der Waals surface area contributed by atoms with E-state index in [1.165, 1.54) is 0 Å². The molecule has 0 aliphatic heterocycles. The molecule has 1 unspecified atom stereocenters. The molecule has 1 aliphatic rings. The Balaban J connectivity index is 2.02. The number of hydrogen-bond donors (Lipinski definition) is 2.